The number of carbonyl (C=O) groups excluding carboxylic acids is 4. The molecule has 546 valence electrons. The molecule has 17 nitrogen and oxygen atoms in total. The van der Waals surface area contributed by atoms with E-state index in [4.69, 9.17) is 37.0 Å². The molecule has 0 saturated carbocycles. The van der Waals surface area contributed by atoms with Gasteiger partial charge in [0.05, 0.1) is 26.4 Å². The third-order valence-electron chi connectivity index (χ3n) is 17.2. The Hall–Kier alpha value is -1.94. The molecule has 0 amide bonds. The van der Waals surface area contributed by atoms with Crippen LogP contribution in [0.25, 0.3) is 0 Å². The average molecular weight is 1350 g/mol. The van der Waals surface area contributed by atoms with E-state index in [-0.39, 0.29) is 25.7 Å². The molecule has 6 atom stereocenters. The third kappa shape index (κ3) is 65.4. The lowest BCUT2D eigenvalue weighted by Gasteiger charge is -2.21. The topological polar surface area (TPSA) is 237 Å². The molecule has 0 bridgehead atoms. The quantitative estimate of drug-likeness (QED) is 0.0222. The maximum atomic E-state index is 13.1. The van der Waals surface area contributed by atoms with Crippen LogP contribution in [-0.2, 0) is 65.4 Å². The minimum absolute atomic E-state index is 0.103. The molecular weight excluding hydrogens is 1210 g/mol. The molecule has 0 heterocycles. The summed E-state index contributed by atoms with van der Waals surface area (Å²) in [6, 6.07) is 0. The highest BCUT2D eigenvalue weighted by Crippen LogP contribution is 2.45. The Bertz CT molecular complexity index is 1800. The Kier molecular flexibility index (Phi) is 62.4. The maximum absolute atomic E-state index is 13.1. The van der Waals surface area contributed by atoms with Crippen molar-refractivity contribution in [3.63, 3.8) is 0 Å². The highest BCUT2D eigenvalue weighted by atomic mass is 31.2. The summed E-state index contributed by atoms with van der Waals surface area (Å²) < 4.78 is 68.3. The summed E-state index contributed by atoms with van der Waals surface area (Å²) in [4.78, 5) is 72.6. The van der Waals surface area contributed by atoms with Gasteiger partial charge in [-0.1, -0.05) is 318 Å². The van der Waals surface area contributed by atoms with Gasteiger partial charge in [-0.2, -0.15) is 0 Å². The van der Waals surface area contributed by atoms with Crippen LogP contribution in [0.4, 0.5) is 0 Å². The van der Waals surface area contributed by atoms with Crippen LogP contribution in [0, 0.1) is 17.8 Å². The van der Waals surface area contributed by atoms with E-state index in [1.54, 1.807) is 0 Å². The lowest BCUT2D eigenvalue weighted by Crippen LogP contribution is -2.30. The second kappa shape index (κ2) is 63.8. The van der Waals surface area contributed by atoms with Gasteiger partial charge >= 0.3 is 39.5 Å². The molecule has 0 aromatic heterocycles. The molecule has 92 heavy (non-hydrogen) atoms. The van der Waals surface area contributed by atoms with E-state index in [0.717, 1.165) is 114 Å². The number of hydrogen-bond donors (Lipinski definition) is 3. The molecule has 0 saturated heterocycles. The minimum atomic E-state index is -4.96. The van der Waals surface area contributed by atoms with Crippen LogP contribution in [0.1, 0.15) is 370 Å². The van der Waals surface area contributed by atoms with Gasteiger partial charge in [0.15, 0.2) is 12.2 Å². The Morgan fingerprint density at radius 1 is 0.315 bits per heavy atom. The van der Waals surface area contributed by atoms with Crippen molar-refractivity contribution in [3.8, 4) is 0 Å². The normalized spacial score (nSPS) is 14.4. The number of rotatable bonds is 71. The highest BCUT2D eigenvalue weighted by Gasteiger charge is 2.30. The smallest absolute Gasteiger partial charge is 0.462 e. The van der Waals surface area contributed by atoms with Crippen molar-refractivity contribution in [1.82, 2.24) is 0 Å². The second-order valence-electron chi connectivity index (χ2n) is 27.5. The number of hydrogen-bond acceptors (Lipinski definition) is 15. The van der Waals surface area contributed by atoms with Crippen LogP contribution in [0.15, 0.2) is 0 Å². The van der Waals surface area contributed by atoms with E-state index < -0.39 is 97.5 Å². The number of esters is 4. The molecule has 0 rings (SSSR count). The number of unbranched alkanes of at least 4 members (excludes halogenated alkanes) is 38. The summed E-state index contributed by atoms with van der Waals surface area (Å²) in [6.07, 6.45) is 48.7. The van der Waals surface area contributed by atoms with Crippen molar-refractivity contribution in [2.24, 2.45) is 17.8 Å². The molecule has 0 aliphatic heterocycles. The van der Waals surface area contributed by atoms with E-state index >= 15 is 0 Å². The van der Waals surface area contributed by atoms with Crippen molar-refractivity contribution >= 4 is 39.5 Å². The van der Waals surface area contributed by atoms with E-state index in [2.05, 4.69) is 48.5 Å². The van der Waals surface area contributed by atoms with Gasteiger partial charge in [-0.25, -0.2) is 9.13 Å². The third-order valence-corrected chi connectivity index (χ3v) is 19.1. The fourth-order valence-corrected chi connectivity index (χ4v) is 12.6. The zero-order chi connectivity index (χ0) is 68.0. The predicted octanol–water partition coefficient (Wildman–Crippen LogP) is 21.0. The van der Waals surface area contributed by atoms with Gasteiger partial charge in [0.2, 0.25) is 0 Å². The van der Waals surface area contributed by atoms with Crippen LogP contribution < -0.4 is 0 Å². The Labute approximate surface area is 562 Å². The first kappa shape index (κ1) is 90.1. The molecule has 0 aliphatic carbocycles. The molecule has 0 aromatic carbocycles. The van der Waals surface area contributed by atoms with Gasteiger partial charge in [0.25, 0.3) is 0 Å². The van der Waals surface area contributed by atoms with Gasteiger partial charge < -0.3 is 33.8 Å². The van der Waals surface area contributed by atoms with Gasteiger partial charge in [-0.05, 0) is 43.4 Å². The Morgan fingerprint density at radius 2 is 0.554 bits per heavy atom. The lowest BCUT2D eigenvalue weighted by atomic mass is 10.00. The molecule has 3 unspecified atom stereocenters. The standard InChI is InChI=1S/C73H142O17P2/c1-8-10-11-12-13-32-40-47-54-70(75)83-61-69(90-73(78)57-50-43-36-35-39-46-53-66(7)9-2)63-88-92(81,82)86-59-67(74)58-85-91(79,80)87-62-68(60-84-71(76)55-48-41-33-28-24-21-17-19-23-27-31-38-45-52-65(5)6)89-72(77)56-49-42-34-29-25-20-16-14-15-18-22-26-30-37-44-51-64(3)4/h64-69,74H,8-63H2,1-7H3,(H,79,80)(H,81,82)/t66?,67-,68-,69-/m1/s1. The van der Waals surface area contributed by atoms with Crippen LogP contribution in [0.2, 0.25) is 0 Å². The number of aliphatic hydroxyl groups is 1. The summed E-state index contributed by atoms with van der Waals surface area (Å²) >= 11 is 0. The summed E-state index contributed by atoms with van der Waals surface area (Å²) in [5, 5.41) is 10.6. The van der Waals surface area contributed by atoms with E-state index in [1.165, 1.54) is 173 Å². The first-order valence-electron chi connectivity index (χ1n) is 37.9. The predicted molar refractivity (Wildman–Crippen MR) is 372 cm³/mol. The number of ether oxygens (including phenoxy) is 4. The molecule has 0 spiro atoms. The SMILES string of the molecule is CCCCCCCCCCC(=O)OC[C@H](COP(=O)(O)OC[C@H](O)COP(=O)(O)OC[C@@H](COC(=O)CCCCCCCCCCCCCCCC(C)C)OC(=O)CCCCCCCCCCCCCCCCCC(C)C)OC(=O)CCCCCCCCC(C)CC. The molecule has 19 heteroatoms. The number of phosphoric acid groups is 2. The van der Waals surface area contributed by atoms with Crippen molar-refractivity contribution in [1.29, 1.82) is 0 Å². The molecule has 0 fully saturated rings. The Balaban J connectivity index is 5.21. The Morgan fingerprint density at radius 3 is 0.826 bits per heavy atom. The summed E-state index contributed by atoms with van der Waals surface area (Å²) in [5.41, 5.74) is 0. The minimum Gasteiger partial charge on any atom is -0.462 e. The van der Waals surface area contributed by atoms with E-state index in [0.29, 0.717) is 25.7 Å². The molecular formula is C73H142O17P2. The number of phosphoric ester groups is 2. The first-order chi connectivity index (χ1) is 44.3. The monoisotopic (exact) mass is 1350 g/mol. The fraction of sp³-hybridized carbons (Fsp3) is 0.945. The lowest BCUT2D eigenvalue weighted by molar-refractivity contribution is -0.161. The molecule has 0 aromatic rings. The van der Waals surface area contributed by atoms with Gasteiger partial charge in [-0.3, -0.25) is 37.3 Å². The van der Waals surface area contributed by atoms with Crippen molar-refractivity contribution in [3.05, 3.63) is 0 Å². The summed E-state index contributed by atoms with van der Waals surface area (Å²) in [7, 11) is -9.90. The molecule has 0 radical (unpaired) electrons. The van der Waals surface area contributed by atoms with Gasteiger partial charge in [-0.15, -0.1) is 0 Å². The highest BCUT2D eigenvalue weighted by molar-refractivity contribution is 7.47. The average Bonchev–Trinajstić information content (AvgIpc) is 2.40. The summed E-state index contributed by atoms with van der Waals surface area (Å²) in [5.74, 6) is 0.187. The van der Waals surface area contributed by atoms with Gasteiger partial charge in [0.1, 0.15) is 19.3 Å². The second-order valence-corrected chi connectivity index (χ2v) is 30.4. The molecule has 0 aliphatic rings. The van der Waals surface area contributed by atoms with Crippen LogP contribution >= 0.6 is 15.6 Å². The number of aliphatic hydroxyl groups excluding tert-OH is 1. The van der Waals surface area contributed by atoms with E-state index in [9.17, 15) is 43.2 Å². The van der Waals surface area contributed by atoms with Crippen LogP contribution in [-0.4, -0.2) is 96.7 Å². The fourth-order valence-electron chi connectivity index (χ4n) is 11.0. The van der Waals surface area contributed by atoms with Crippen molar-refractivity contribution < 1.29 is 80.2 Å². The zero-order valence-electron chi connectivity index (χ0n) is 60.0. The van der Waals surface area contributed by atoms with Crippen LogP contribution in [0.5, 0.6) is 0 Å². The molecule has 3 N–H and O–H groups in total. The maximum Gasteiger partial charge on any atom is 0.472 e. The largest absolute Gasteiger partial charge is 0.472 e. The van der Waals surface area contributed by atoms with Crippen LogP contribution in [0.3, 0.4) is 0 Å². The van der Waals surface area contributed by atoms with Crippen molar-refractivity contribution in [2.75, 3.05) is 39.6 Å². The first-order valence-corrected chi connectivity index (χ1v) is 40.9. The summed E-state index contributed by atoms with van der Waals surface area (Å²) in [6.45, 7) is 11.8. The van der Waals surface area contributed by atoms with E-state index in [1.807, 2.05) is 0 Å². The number of carbonyl (C=O) groups is 4. The zero-order valence-corrected chi connectivity index (χ0v) is 61.8. The van der Waals surface area contributed by atoms with Gasteiger partial charge in [0, 0.05) is 25.7 Å². The van der Waals surface area contributed by atoms with Crippen molar-refractivity contribution in [2.45, 2.75) is 388 Å².